The Balaban J connectivity index is 4.53. The van der Waals surface area contributed by atoms with Gasteiger partial charge in [-0.25, -0.2) is 4.72 Å². The Morgan fingerprint density at radius 1 is 1.50 bits per heavy atom. The molecule has 0 saturated heterocycles. The first kappa shape index (κ1) is 13.8. The predicted octanol–water partition coefficient (Wildman–Crippen LogP) is -0.259. The van der Waals surface area contributed by atoms with Crippen molar-refractivity contribution in [2.24, 2.45) is 11.7 Å². The van der Waals surface area contributed by atoms with Crippen molar-refractivity contribution in [2.45, 2.75) is 26.8 Å². The monoisotopic (exact) mass is 239 g/mol. The van der Waals surface area contributed by atoms with Gasteiger partial charge in [0, 0.05) is 6.54 Å². The van der Waals surface area contributed by atoms with Gasteiger partial charge in [-0.2, -0.15) is 13.1 Å². The maximum Gasteiger partial charge on any atom is 0.277 e. The van der Waals surface area contributed by atoms with Gasteiger partial charge in [0.2, 0.25) is 0 Å². The van der Waals surface area contributed by atoms with Gasteiger partial charge < -0.3 is 5.73 Å². The minimum atomic E-state index is -3.49. The summed E-state index contributed by atoms with van der Waals surface area (Å²) >= 11 is 4.77. The smallest absolute Gasteiger partial charge is 0.277 e. The Hall–Kier alpha value is -0.240. The summed E-state index contributed by atoms with van der Waals surface area (Å²) in [5, 5.41) is 0. The first-order chi connectivity index (χ1) is 6.30. The van der Waals surface area contributed by atoms with Crippen molar-refractivity contribution in [3.63, 3.8) is 0 Å². The van der Waals surface area contributed by atoms with E-state index in [2.05, 4.69) is 9.44 Å². The van der Waals surface area contributed by atoms with Crippen molar-refractivity contribution in [3.8, 4) is 0 Å². The van der Waals surface area contributed by atoms with Gasteiger partial charge in [0.05, 0.1) is 11.0 Å². The number of hydrogen-bond donors (Lipinski definition) is 3. The van der Waals surface area contributed by atoms with Crippen LogP contribution in [0.25, 0.3) is 0 Å². The van der Waals surface area contributed by atoms with Crippen molar-refractivity contribution in [1.29, 1.82) is 0 Å². The van der Waals surface area contributed by atoms with Gasteiger partial charge in [0.15, 0.2) is 0 Å². The van der Waals surface area contributed by atoms with E-state index >= 15 is 0 Å². The third-order valence-electron chi connectivity index (χ3n) is 1.59. The Morgan fingerprint density at radius 3 is 2.29 bits per heavy atom. The maximum atomic E-state index is 11.3. The molecule has 0 aliphatic rings. The average Bonchev–Trinajstić information content (AvgIpc) is 1.99. The minimum Gasteiger partial charge on any atom is -0.392 e. The van der Waals surface area contributed by atoms with Crippen LogP contribution >= 0.6 is 12.2 Å². The molecule has 84 valence electrons. The molecule has 0 heterocycles. The number of hydrogen-bond acceptors (Lipinski definition) is 3. The fraction of sp³-hybridized carbons (Fsp3) is 0.857. The quantitative estimate of drug-likeness (QED) is 0.558. The van der Waals surface area contributed by atoms with Crippen molar-refractivity contribution < 1.29 is 8.42 Å². The summed E-state index contributed by atoms with van der Waals surface area (Å²) in [5.74, 6) is 0.0286. The zero-order valence-electron chi connectivity index (χ0n) is 8.57. The van der Waals surface area contributed by atoms with Crippen LogP contribution in [-0.4, -0.2) is 26.0 Å². The van der Waals surface area contributed by atoms with E-state index < -0.39 is 16.3 Å². The summed E-state index contributed by atoms with van der Waals surface area (Å²) in [6.45, 7) is 5.72. The molecular formula is C7H17N3O2S2. The molecule has 0 spiro atoms. The highest BCUT2D eigenvalue weighted by Gasteiger charge is 2.21. The maximum absolute atomic E-state index is 11.3. The van der Waals surface area contributed by atoms with E-state index in [1.54, 1.807) is 6.92 Å². The molecule has 0 amide bonds. The van der Waals surface area contributed by atoms with Crippen LogP contribution < -0.4 is 15.2 Å². The van der Waals surface area contributed by atoms with Crippen LogP contribution in [0.5, 0.6) is 0 Å². The van der Waals surface area contributed by atoms with Gasteiger partial charge in [0.1, 0.15) is 0 Å². The van der Waals surface area contributed by atoms with Gasteiger partial charge in [-0.3, -0.25) is 0 Å². The molecule has 0 aliphatic carbocycles. The molecule has 0 aliphatic heterocycles. The summed E-state index contributed by atoms with van der Waals surface area (Å²) in [5.41, 5.74) is 5.42. The minimum absolute atomic E-state index is 0.0286. The number of thiocarbonyl (C=S) groups is 1. The molecule has 0 aromatic heterocycles. The normalized spacial score (nSPS) is 14.3. The third kappa shape index (κ3) is 4.85. The molecule has 4 N–H and O–H groups in total. The van der Waals surface area contributed by atoms with Gasteiger partial charge in [-0.05, 0) is 5.92 Å². The Kier molecular flexibility index (Phi) is 5.50. The molecule has 0 saturated carbocycles. The van der Waals surface area contributed by atoms with Crippen molar-refractivity contribution in [3.05, 3.63) is 0 Å². The first-order valence-electron chi connectivity index (χ1n) is 4.36. The molecule has 5 nitrogen and oxygen atoms in total. The topological polar surface area (TPSA) is 84.2 Å². The zero-order valence-corrected chi connectivity index (χ0v) is 10.2. The zero-order chi connectivity index (χ0) is 11.4. The molecule has 0 radical (unpaired) electrons. The second-order valence-electron chi connectivity index (χ2n) is 3.24. The third-order valence-corrected chi connectivity index (χ3v) is 3.08. The molecule has 0 aromatic carbocycles. The summed E-state index contributed by atoms with van der Waals surface area (Å²) in [7, 11) is -3.49. The van der Waals surface area contributed by atoms with Crippen LogP contribution in [0.2, 0.25) is 0 Å². The van der Waals surface area contributed by atoms with E-state index in [1.165, 1.54) is 0 Å². The van der Waals surface area contributed by atoms with Gasteiger partial charge >= 0.3 is 0 Å². The van der Waals surface area contributed by atoms with Crippen LogP contribution in [0.15, 0.2) is 0 Å². The molecule has 0 aromatic rings. The second-order valence-corrected chi connectivity index (χ2v) is 5.25. The van der Waals surface area contributed by atoms with E-state index in [1.807, 2.05) is 13.8 Å². The second kappa shape index (κ2) is 5.59. The molecule has 14 heavy (non-hydrogen) atoms. The Labute approximate surface area is 90.6 Å². The van der Waals surface area contributed by atoms with Gasteiger partial charge in [-0.15, -0.1) is 0 Å². The molecular weight excluding hydrogens is 222 g/mol. The fourth-order valence-electron chi connectivity index (χ4n) is 0.922. The lowest BCUT2D eigenvalue weighted by atomic mass is 10.1. The van der Waals surface area contributed by atoms with Crippen LogP contribution in [0.4, 0.5) is 0 Å². The highest BCUT2D eigenvalue weighted by Crippen LogP contribution is 2.02. The summed E-state index contributed by atoms with van der Waals surface area (Å²) in [6.07, 6.45) is 0. The summed E-state index contributed by atoms with van der Waals surface area (Å²) < 4.78 is 27.3. The molecule has 7 heteroatoms. The summed E-state index contributed by atoms with van der Waals surface area (Å²) in [6, 6.07) is -0.506. The predicted molar refractivity (Wildman–Crippen MR) is 61.1 cm³/mol. The van der Waals surface area contributed by atoms with Crippen LogP contribution in [0, 0.1) is 5.92 Å². The molecule has 1 unspecified atom stereocenters. The van der Waals surface area contributed by atoms with Crippen LogP contribution in [0.1, 0.15) is 20.8 Å². The summed E-state index contributed by atoms with van der Waals surface area (Å²) in [4.78, 5) is 0.154. The lowest BCUT2D eigenvalue weighted by Gasteiger charge is -2.20. The average molecular weight is 239 g/mol. The number of rotatable bonds is 6. The SMILES string of the molecule is CCNS(=O)(=O)NC(C(N)=S)C(C)C. The van der Waals surface area contributed by atoms with E-state index in [0.717, 1.165) is 0 Å². The van der Waals surface area contributed by atoms with Crippen LogP contribution in [0.3, 0.4) is 0 Å². The van der Waals surface area contributed by atoms with Crippen molar-refractivity contribution in [1.82, 2.24) is 9.44 Å². The van der Waals surface area contributed by atoms with Crippen LogP contribution in [-0.2, 0) is 10.2 Å². The highest BCUT2D eigenvalue weighted by atomic mass is 32.2. The van der Waals surface area contributed by atoms with E-state index in [9.17, 15) is 8.42 Å². The van der Waals surface area contributed by atoms with Crippen molar-refractivity contribution in [2.75, 3.05) is 6.54 Å². The van der Waals surface area contributed by atoms with E-state index in [-0.39, 0.29) is 10.9 Å². The van der Waals surface area contributed by atoms with E-state index in [4.69, 9.17) is 18.0 Å². The first-order valence-corrected chi connectivity index (χ1v) is 6.25. The number of nitrogens with one attached hydrogen (secondary N) is 2. The number of nitrogens with two attached hydrogens (primary N) is 1. The molecule has 0 rings (SSSR count). The van der Waals surface area contributed by atoms with Gasteiger partial charge in [0.25, 0.3) is 10.2 Å². The Morgan fingerprint density at radius 2 is 2.00 bits per heavy atom. The molecule has 0 bridgehead atoms. The highest BCUT2D eigenvalue weighted by molar-refractivity contribution is 7.87. The molecule has 0 fully saturated rings. The van der Waals surface area contributed by atoms with E-state index in [0.29, 0.717) is 6.54 Å². The lowest BCUT2D eigenvalue weighted by molar-refractivity contribution is 0.519. The Bertz CT molecular complexity index is 287. The fourth-order valence-corrected chi connectivity index (χ4v) is 2.52. The standard InChI is InChI=1S/C7H17N3O2S2/c1-4-9-14(11,12)10-6(5(2)3)7(8)13/h5-6,9-10H,4H2,1-3H3,(H2,8,13). The van der Waals surface area contributed by atoms with Crippen molar-refractivity contribution >= 4 is 27.4 Å². The molecule has 1 atom stereocenters. The van der Waals surface area contributed by atoms with Gasteiger partial charge in [-0.1, -0.05) is 33.0 Å². The lowest BCUT2D eigenvalue weighted by Crippen LogP contribution is -2.50. The largest absolute Gasteiger partial charge is 0.392 e.